The molecular formula is C21H26BrN5O2. The molecule has 3 aromatic rings. The fraction of sp³-hybridized carbons (Fsp3) is 0.381. The van der Waals surface area contributed by atoms with Crippen molar-refractivity contribution in [3.05, 3.63) is 57.6 Å². The van der Waals surface area contributed by atoms with Crippen LogP contribution in [0, 0.1) is 6.92 Å². The minimum Gasteiger partial charge on any atom is -0.490 e. The molecule has 7 nitrogen and oxygen atoms in total. The lowest BCUT2D eigenvalue weighted by molar-refractivity contribution is 0.267. The Hall–Kier alpha value is -2.61. The largest absolute Gasteiger partial charge is 0.490 e. The molecule has 0 aliphatic carbocycles. The molecule has 0 bridgehead atoms. The van der Waals surface area contributed by atoms with Crippen LogP contribution in [-0.4, -0.2) is 26.8 Å². The molecule has 154 valence electrons. The highest BCUT2D eigenvalue weighted by Gasteiger charge is 2.14. The fourth-order valence-corrected chi connectivity index (χ4v) is 3.53. The number of halogens is 1. The first kappa shape index (κ1) is 21.1. The molecule has 3 rings (SSSR count). The highest BCUT2D eigenvalue weighted by atomic mass is 79.9. The Kier molecular flexibility index (Phi) is 7.46. The molecule has 0 atom stereocenters. The zero-order valence-corrected chi connectivity index (χ0v) is 18.6. The van der Waals surface area contributed by atoms with Crippen LogP contribution < -0.4 is 14.8 Å². The van der Waals surface area contributed by atoms with E-state index in [2.05, 4.69) is 62.8 Å². The van der Waals surface area contributed by atoms with Crippen LogP contribution in [0.2, 0.25) is 0 Å². The van der Waals surface area contributed by atoms with Gasteiger partial charge in [-0.3, -0.25) is 0 Å². The van der Waals surface area contributed by atoms with Crippen LogP contribution in [0.15, 0.2) is 40.9 Å². The number of aromatic nitrogens is 4. The molecule has 0 saturated heterocycles. The Morgan fingerprint density at radius 3 is 2.72 bits per heavy atom. The number of anilines is 1. The van der Waals surface area contributed by atoms with Gasteiger partial charge in [0.1, 0.15) is 6.61 Å². The predicted octanol–water partition coefficient (Wildman–Crippen LogP) is 4.74. The SMILES string of the molecule is CCCn1nnnc1NCc1cc(Br)c(OCc2ccccc2C)c(OCC)c1. The molecule has 1 aromatic heterocycles. The van der Waals surface area contributed by atoms with E-state index in [9.17, 15) is 0 Å². The summed E-state index contributed by atoms with van der Waals surface area (Å²) in [5.74, 6) is 2.07. The summed E-state index contributed by atoms with van der Waals surface area (Å²) in [4.78, 5) is 0. The van der Waals surface area contributed by atoms with Gasteiger partial charge in [0, 0.05) is 13.1 Å². The Balaban J connectivity index is 1.75. The molecule has 1 N–H and O–H groups in total. The van der Waals surface area contributed by atoms with Gasteiger partial charge in [0.25, 0.3) is 0 Å². The van der Waals surface area contributed by atoms with Crippen molar-refractivity contribution in [2.24, 2.45) is 0 Å². The molecule has 0 spiro atoms. The average molecular weight is 460 g/mol. The Labute approximate surface area is 179 Å². The topological polar surface area (TPSA) is 74.1 Å². The number of nitrogens with one attached hydrogen (secondary N) is 1. The van der Waals surface area contributed by atoms with E-state index in [-0.39, 0.29) is 0 Å². The third-order valence-corrected chi connectivity index (χ3v) is 5.01. The second-order valence-electron chi connectivity index (χ2n) is 6.63. The van der Waals surface area contributed by atoms with Crippen LogP contribution in [-0.2, 0) is 19.7 Å². The van der Waals surface area contributed by atoms with Crippen LogP contribution in [0.1, 0.15) is 37.0 Å². The van der Waals surface area contributed by atoms with Crippen LogP contribution >= 0.6 is 15.9 Å². The number of benzene rings is 2. The van der Waals surface area contributed by atoms with Gasteiger partial charge in [-0.25, -0.2) is 4.68 Å². The molecule has 0 radical (unpaired) electrons. The average Bonchev–Trinajstić information content (AvgIpc) is 3.15. The Morgan fingerprint density at radius 2 is 1.97 bits per heavy atom. The third kappa shape index (κ3) is 5.47. The summed E-state index contributed by atoms with van der Waals surface area (Å²) >= 11 is 3.64. The maximum Gasteiger partial charge on any atom is 0.243 e. The minimum atomic E-state index is 0.481. The highest BCUT2D eigenvalue weighted by molar-refractivity contribution is 9.10. The lowest BCUT2D eigenvalue weighted by Gasteiger charge is -2.16. The van der Waals surface area contributed by atoms with Gasteiger partial charge in [0.15, 0.2) is 11.5 Å². The van der Waals surface area contributed by atoms with Gasteiger partial charge in [-0.15, -0.1) is 0 Å². The van der Waals surface area contributed by atoms with Gasteiger partial charge in [0.2, 0.25) is 5.95 Å². The normalized spacial score (nSPS) is 10.8. The molecule has 0 saturated carbocycles. The van der Waals surface area contributed by atoms with Crippen molar-refractivity contribution in [2.75, 3.05) is 11.9 Å². The summed E-state index contributed by atoms with van der Waals surface area (Å²) in [7, 11) is 0. The quantitative estimate of drug-likeness (QED) is 0.471. The zero-order chi connectivity index (χ0) is 20.6. The number of tetrazole rings is 1. The van der Waals surface area contributed by atoms with Crippen LogP contribution in [0.3, 0.4) is 0 Å². The zero-order valence-electron chi connectivity index (χ0n) is 17.0. The molecule has 0 fully saturated rings. The first-order valence-electron chi connectivity index (χ1n) is 9.74. The number of hydrogen-bond acceptors (Lipinski definition) is 6. The molecule has 2 aromatic carbocycles. The maximum absolute atomic E-state index is 6.12. The first-order valence-corrected chi connectivity index (χ1v) is 10.5. The van der Waals surface area contributed by atoms with Crippen molar-refractivity contribution >= 4 is 21.9 Å². The summed E-state index contributed by atoms with van der Waals surface area (Å²) in [5, 5.41) is 15.1. The number of nitrogens with zero attached hydrogens (tertiary/aromatic N) is 4. The third-order valence-electron chi connectivity index (χ3n) is 4.42. The van der Waals surface area contributed by atoms with Crippen molar-refractivity contribution in [1.29, 1.82) is 0 Å². The van der Waals surface area contributed by atoms with Crippen LogP contribution in [0.5, 0.6) is 11.5 Å². The molecule has 29 heavy (non-hydrogen) atoms. The monoisotopic (exact) mass is 459 g/mol. The summed E-state index contributed by atoms with van der Waals surface area (Å²) in [6.07, 6.45) is 0.965. The van der Waals surface area contributed by atoms with Gasteiger partial charge in [-0.2, -0.15) is 0 Å². The van der Waals surface area contributed by atoms with Crippen molar-refractivity contribution < 1.29 is 9.47 Å². The molecule has 8 heteroatoms. The van der Waals surface area contributed by atoms with Crippen LogP contribution in [0.4, 0.5) is 5.95 Å². The molecular weight excluding hydrogens is 434 g/mol. The number of aryl methyl sites for hydroxylation is 2. The van der Waals surface area contributed by atoms with E-state index < -0.39 is 0 Å². The van der Waals surface area contributed by atoms with Crippen molar-refractivity contribution in [3.8, 4) is 11.5 Å². The predicted molar refractivity (Wildman–Crippen MR) is 116 cm³/mol. The molecule has 0 amide bonds. The molecule has 0 aliphatic heterocycles. The van der Waals surface area contributed by atoms with E-state index in [0.29, 0.717) is 37.2 Å². The summed E-state index contributed by atoms with van der Waals surface area (Å²) in [6, 6.07) is 12.2. The first-order chi connectivity index (χ1) is 14.1. The number of rotatable bonds is 10. The smallest absolute Gasteiger partial charge is 0.243 e. The Morgan fingerprint density at radius 1 is 1.14 bits per heavy atom. The van der Waals surface area contributed by atoms with E-state index in [0.717, 1.165) is 28.6 Å². The maximum atomic E-state index is 6.12. The van der Waals surface area contributed by atoms with E-state index in [1.54, 1.807) is 4.68 Å². The second-order valence-corrected chi connectivity index (χ2v) is 7.49. The van der Waals surface area contributed by atoms with E-state index >= 15 is 0 Å². The van der Waals surface area contributed by atoms with Gasteiger partial charge < -0.3 is 14.8 Å². The standard InChI is InChI=1S/C21H26BrN5O2/c1-4-10-27-21(24-25-26-27)23-13-16-11-18(22)20(19(12-16)28-5-2)29-14-17-9-7-6-8-15(17)3/h6-9,11-12H,4-5,10,13-14H2,1-3H3,(H,23,24,26). The van der Waals surface area contributed by atoms with Crippen molar-refractivity contribution in [2.45, 2.75) is 46.9 Å². The van der Waals surface area contributed by atoms with Crippen molar-refractivity contribution in [1.82, 2.24) is 20.2 Å². The Bertz CT molecular complexity index is 945. The molecule has 0 unspecified atom stereocenters. The van der Waals surface area contributed by atoms with E-state index in [4.69, 9.17) is 9.47 Å². The second kappa shape index (κ2) is 10.2. The van der Waals surface area contributed by atoms with Gasteiger partial charge >= 0.3 is 0 Å². The number of ether oxygens (including phenoxy) is 2. The van der Waals surface area contributed by atoms with Crippen LogP contribution in [0.25, 0.3) is 0 Å². The lowest BCUT2D eigenvalue weighted by Crippen LogP contribution is -2.09. The van der Waals surface area contributed by atoms with Gasteiger partial charge in [-0.1, -0.05) is 36.3 Å². The highest BCUT2D eigenvalue weighted by Crippen LogP contribution is 2.37. The van der Waals surface area contributed by atoms with E-state index in [1.165, 1.54) is 5.56 Å². The molecule has 1 heterocycles. The summed E-state index contributed by atoms with van der Waals surface area (Å²) < 4.78 is 14.6. The minimum absolute atomic E-state index is 0.481. The van der Waals surface area contributed by atoms with Gasteiger partial charge in [-0.05, 0) is 75.4 Å². The summed E-state index contributed by atoms with van der Waals surface area (Å²) in [6.45, 7) is 8.51. The number of hydrogen-bond donors (Lipinski definition) is 1. The van der Waals surface area contributed by atoms with Gasteiger partial charge in [0.05, 0.1) is 11.1 Å². The van der Waals surface area contributed by atoms with Crippen molar-refractivity contribution in [3.63, 3.8) is 0 Å². The lowest BCUT2D eigenvalue weighted by atomic mass is 10.1. The molecule has 0 aliphatic rings. The summed E-state index contributed by atoms with van der Waals surface area (Å²) in [5.41, 5.74) is 3.39. The van der Waals surface area contributed by atoms with E-state index in [1.807, 2.05) is 31.2 Å². The fourth-order valence-electron chi connectivity index (χ4n) is 2.92.